The van der Waals surface area contributed by atoms with E-state index in [-0.39, 0.29) is 0 Å². The second-order valence-electron chi connectivity index (χ2n) is 1.27. The van der Waals surface area contributed by atoms with Crippen LogP contribution in [0.25, 0.3) is 0 Å². The van der Waals surface area contributed by atoms with Crippen LogP contribution in [0.5, 0.6) is 0 Å². The smallest absolute Gasteiger partial charge is 0.301 e. The lowest BCUT2D eigenvalue weighted by molar-refractivity contribution is -0.114. The van der Waals surface area contributed by atoms with Crippen LogP contribution >= 0.6 is 0 Å². The summed E-state index contributed by atoms with van der Waals surface area (Å²) in [4.78, 5) is 11.1. The zero-order valence-corrected chi connectivity index (χ0v) is 5.68. The van der Waals surface area contributed by atoms with Crippen LogP contribution in [0.3, 0.4) is 0 Å². The molecule has 0 aliphatic carbocycles. The molecule has 10 heavy (non-hydrogen) atoms. The first-order chi connectivity index (χ1) is 4.52. The Labute approximate surface area is 57.7 Å². The van der Waals surface area contributed by atoms with E-state index in [1.54, 1.807) is 0 Å². The monoisotopic (exact) mass is 166 g/mol. The van der Waals surface area contributed by atoms with Crippen molar-refractivity contribution in [2.24, 2.45) is 0 Å². The van der Waals surface area contributed by atoms with Crippen molar-refractivity contribution in [3.63, 3.8) is 0 Å². The van der Waals surface area contributed by atoms with Crippen LogP contribution in [0, 0.1) is 0 Å². The van der Waals surface area contributed by atoms with Crippen LogP contribution in [-0.2, 0) is 15.0 Å². The molecule has 3 N–H and O–H groups in total. The summed E-state index contributed by atoms with van der Waals surface area (Å²) in [6.07, 6.45) is 0.759. The van der Waals surface area contributed by atoms with Gasteiger partial charge in [-0.1, -0.05) is 11.5 Å². The molecule has 0 rings (SSSR count). The SMILES string of the molecule is C=CC(=O)NS(=O)(=O)NO. The first-order valence-electron chi connectivity index (χ1n) is 2.12. The van der Waals surface area contributed by atoms with Crippen molar-refractivity contribution in [2.75, 3.05) is 0 Å². The van der Waals surface area contributed by atoms with Crippen molar-refractivity contribution in [3.05, 3.63) is 12.7 Å². The molecule has 0 aliphatic rings. The Morgan fingerprint density at radius 3 is 2.40 bits per heavy atom. The van der Waals surface area contributed by atoms with E-state index in [0.717, 1.165) is 11.0 Å². The number of amides is 1. The van der Waals surface area contributed by atoms with Gasteiger partial charge in [0.2, 0.25) is 0 Å². The lowest BCUT2D eigenvalue weighted by Crippen LogP contribution is -2.37. The third-order valence-electron chi connectivity index (χ3n) is 0.541. The highest BCUT2D eigenvalue weighted by molar-refractivity contribution is 7.87. The Morgan fingerprint density at radius 2 is 2.10 bits per heavy atom. The fourth-order valence-corrected chi connectivity index (χ4v) is 0.591. The van der Waals surface area contributed by atoms with Crippen LogP contribution in [0.4, 0.5) is 0 Å². The summed E-state index contributed by atoms with van der Waals surface area (Å²) in [6, 6.07) is 0. The van der Waals surface area contributed by atoms with Gasteiger partial charge in [0, 0.05) is 0 Å². The molecule has 7 heteroatoms. The molecule has 0 aromatic rings. The molecular weight excluding hydrogens is 160 g/mol. The van der Waals surface area contributed by atoms with E-state index in [0.29, 0.717) is 0 Å². The molecule has 0 aliphatic heterocycles. The molecule has 0 heterocycles. The van der Waals surface area contributed by atoms with E-state index in [9.17, 15) is 13.2 Å². The molecule has 0 bridgehead atoms. The Hall–Kier alpha value is -0.920. The van der Waals surface area contributed by atoms with Crippen LogP contribution in [0.2, 0.25) is 0 Å². The first kappa shape index (κ1) is 9.08. The predicted molar refractivity (Wildman–Crippen MR) is 32.2 cm³/mol. The van der Waals surface area contributed by atoms with Gasteiger partial charge in [-0.25, -0.2) is 4.72 Å². The molecule has 0 aromatic heterocycles. The van der Waals surface area contributed by atoms with E-state index < -0.39 is 16.1 Å². The molecule has 6 nitrogen and oxygen atoms in total. The van der Waals surface area contributed by atoms with Gasteiger partial charge in [-0.2, -0.15) is 8.42 Å². The highest BCUT2D eigenvalue weighted by atomic mass is 32.2. The lowest BCUT2D eigenvalue weighted by atomic mass is 10.6. The zero-order valence-electron chi connectivity index (χ0n) is 4.86. The summed E-state index contributed by atoms with van der Waals surface area (Å²) in [5.74, 6) is -0.915. The molecule has 0 fully saturated rings. The molecular formula is C3H6N2O4S. The molecule has 0 saturated heterocycles. The van der Waals surface area contributed by atoms with Gasteiger partial charge >= 0.3 is 10.2 Å². The maximum absolute atomic E-state index is 10.2. The molecule has 0 radical (unpaired) electrons. The minimum atomic E-state index is -4.10. The number of hydrogen-bond donors (Lipinski definition) is 3. The number of carbonyl (C=O) groups excluding carboxylic acids is 1. The normalized spacial score (nSPS) is 10.5. The standard InChI is InChI=1S/C3H6N2O4S/c1-2-3(6)4-10(8,9)5-7/h2,5,7H,1H2,(H,4,6). The van der Waals surface area contributed by atoms with Crippen LogP contribution in [-0.4, -0.2) is 19.5 Å². The number of rotatable bonds is 3. The third kappa shape index (κ3) is 3.17. The van der Waals surface area contributed by atoms with E-state index in [2.05, 4.69) is 6.58 Å². The van der Waals surface area contributed by atoms with Crippen LogP contribution in [0.1, 0.15) is 0 Å². The highest BCUT2D eigenvalue weighted by Gasteiger charge is 2.08. The first-order valence-corrected chi connectivity index (χ1v) is 3.60. The molecule has 0 atom stereocenters. The fraction of sp³-hybridized carbons (Fsp3) is 0. The number of carbonyl (C=O) groups is 1. The van der Waals surface area contributed by atoms with Gasteiger partial charge in [-0.15, -0.1) is 0 Å². The van der Waals surface area contributed by atoms with E-state index in [1.807, 2.05) is 0 Å². The molecule has 0 aromatic carbocycles. The van der Waals surface area contributed by atoms with Crippen molar-refractivity contribution < 1.29 is 18.4 Å². The summed E-state index contributed by atoms with van der Waals surface area (Å²) >= 11 is 0. The quantitative estimate of drug-likeness (QED) is 0.351. The summed E-state index contributed by atoms with van der Waals surface area (Å²) in [5, 5.41) is 7.85. The van der Waals surface area contributed by atoms with Gasteiger partial charge in [0.15, 0.2) is 0 Å². The van der Waals surface area contributed by atoms with Crippen molar-refractivity contribution >= 4 is 16.1 Å². The van der Waals surface area contributed by atoms with Crippen LogP contribution < -0.4 is 9.61 Å². The Kier molecular flexibility index (Phi) is 3.00. The number of nitrogens with one attached hydrogen (secondary N) is 2. The summed E-state index contributed by atoms with van der Waals surface area (Å²) in [7, 11) is -4.10. The second-order valence-corrected chi connectivity index (χ2v) is 2.66. The summed E-state index contributed by atoms with van der Waals surface area (Å²) in [6.45, 7) is 2.99. The maximum Gasteiger partial charge on any atom is 0.323 e. The van der Waals surface area contributed by atoms with Gasteiger partial charge in [-0.05, 0) is 6.08 Å². The average molecular weight is 166 g/mol. The lowest BCUT2D eigenvalue weighted by Gasteiger charge is -1.98. The van der Waals surface area contributed by atoms with Gasteiger partial charge in [-0.3, -0.25) is 4.79 Å². The Morgan fingerprint density at radius 1 is 1.60 bits per heavy atom. The van der Waals surface area contributed by atoms with Crippen molar-refractivity contribution in [3.8, 4) is 0 Å². The van der Waals surface area contributed by atoms with Gasteiger partial charge in [0.05, 0.1) is 0 Å². The maximum atomic E-state index is 10.2. The molecule has 0 unspecified atom stereocenters. The minimum absolute atomic E-state index is 0.759. The van der Waals surface area contributed by atoms with E-state index in [1.165, 1.54) is 4.72 Å². The van der Waals surface area contributed by atoms with Gasteiger partial charge in [0.1, 0.15) is 0 Å². The molecule has 0 saturated carbocycles. The van der Waals surface area contributed by atoms with Crippen molar-refractivity contribution in [1.29, 1.82) is 0 Å². The molecule has 0 spiro atoms. The van der Waals surface area contributed by atoms with Gasteiger partial charge < -0.3 is 5.21 Å². The van der Waals surface area contributed by atoms with Crippen LogP contribution in [0.15, 0.2) is 12.7 Å². The highest BCUT2D eigenvalue weighted by Crippen LogP contribution is 1.73. The molecule has 58 valence electrons. The predicted octanol–water partition coefficient (Wildman–Crippen LogP) is -1.49. The average Bonchev–Trinajstić information content (AvgIpc) is 1.87. The largest absolute Gasteiger partial charge is 0.323 e. The van der Waals surface area contributed by atoms with Gasteiger partial charge in [0.25, 0.3) is 5.91 Å². The Balaban J connectivity index is 4.16. The Bertz CT molecular complexity index is 231. The molecule has 1 amide bonds. The minimum Gasteiger partial charge on any atom is -0.301 e. The zero-order chi connectivity index (χ0) is 8.20. The van der Waals surface area contributed by atoms with E-state index >= 15 is 0 Å². The number of hydrogen-bond acceptors (Lipinski definition) is 4. The van der Waals surface area contributed by atoms with Crippen molar-refractivity contribution in [2.45, 2.75) is 0 Å². The van der Waals surface area contributed by atoms with E-state index in [4.69, 9.17) is 5.21 Å². The topological polar surface area (TPSA) is 95.5 Å². The second kappa shape index (κ2) is 3.30. The fourth-order valence-electron chi connectivity index (χ4n) is 0.197. The summed E-state index contributed by atoms with van der Waals surface area (Å²) in [5.41, 5.74) is 0. The third-order valence-corrected chi connectivity index (χ3v) is 1.25. The van der Waals surface area contributed by atoms with Crippen molar-refractivity contribution in [1.82, 2.24) is 9.61 Å². The summed E-state index contributed by atoms with van der Waals surface area (Å²) < 4.78 is 21.9.